The van der Waals surface area contributed by atoms with Crippen LogP contribution in [0.5, 0.6) is 11.5 Å². The van der Waals surface area contributed by atoms with E-state index < -0.39 is 0 Å². The Morgan fingerprint density at radius 2 is 2.05 bits per heavy atom. The second kappa shape index (κ2) is 7.24. The average molecular weight is 351 g/mol. The van der Waals surface area contributed by atoms with Gasteiger partial charge in [-0.1, -0.05) is 12.1 Å². The van der Waals surface area contributed by atoms with Gasteiger partial charge in [-0.25, -0.2) is 0 Å². The minimum atomic E-state index is -0.132. The number of aliphatic hydroxyl groups is 1. The van der Waals surface area contributed by atoms with E-state index in [4.69, 9.17) is 14.6 Å². The number of halogens is 1. The summed E-state index contributed by atoms with van der Waals surface area (Å²) in [6.07, 6.45) is 0. The lowest BCUT2D eigenvalue weighted by atomic mass is 10.1. The van der Waals surface area contributed by atoms with Gasteiger partial charge >= 0.3 is 0 Å². The monoisotopic (exact) mass is 350 g/mol. The SMILES string of the molecule is COc1ccc(C(=O)COc2cccc(CO)c2)cc1Br. The highest BCUT2D eigenvalue weighted by molar-refractivity contribution is 9.10. The molecule has 21 heavy (non-hydrogen) atoms. The largest absolute Gasteiger partial charge is 0.496 e. The topological polar surface area (TPSA) is 55.8 Å². The van der Waals surface area contributed by atoms with Crippen LogP contribution in [0.25, 0.3) is 0 Å². The lowest BCUT2D eigenvalue weighted by Crippen LogP contribution is -2.11. The molecule has 0 heterocycles. The van der Waals surface area contributed by atoms with E-state index in [1.54, 1.807) is 49.6 Å². The van der Waals surface area contributed by atoms with Crippen molar-refractivity contribution in [3.63, 3.8) is 0 Å². The van der Waals surface area contributed by atoms with Gasteiger partial charge in [0.1, 0.15) is 11.5 Å². The molecule has 0 aliphatic carbocycles. The average Bonchev–Trinajstić information content (AvgIpc) is 2.52. The van der Waals surface area contributed by atoms with Crippen molar-refractivity contribution in [3.8, 4) is 11.5 Å². The van der Waals surface area contributed by atoms with E-state index in [2.05, 4.69) is 15.9 Å². The standard InChI is InChI=1S/C16H15BrO4/c1-20-16-6-5-12(8-14(16)17)15(19)10-21-13-4-2-3-11(7-13)9-18/h2-8,18H,9-10H2,1H3. The van der Waals surface area contributed by atoms with Crippen molar-refractivity contribution in [3.05, 3.63) is 58.1 Å². The molecule has 2 rings (SSSR count). The lowest BCUT2D eigenvalue weighted by Gasteiger charge is -2.08. The third-order valence-electron chi connectivity index (χ3n) is 2.92. The second-order valence-electron chi connectivity index (χ2n) is 4.37. The smallest absolute Gasteiger partial charge is 0.200 e. The van der Waals surface area contributed by atoms with Crippen molar-refractivity contribution in [2.24, 2.45) is 0 Å². The van der Waals surface area contributed by atoms with E-state index in [0.29, 0.717) is 17.1 Å². The van der Waals surface area contributed by atoms with Gasteiger partial charge in [0.05, 0.1) is 18.2 Å². The highest BCUT2D eigenvalue weighted by Gasteiger charge is 2.10. The zero-order chi connectivity index (χ0) is 15.2. The molecule has 0 aliphatic rings. The van der Waals surface area contributed by atoms with Gasteiger partial charge in [0.2, 0.25) is 0 Å². The van der Waals surface area contributed by atoms with E-state index in [1.807, 2.05) is 0 Å². The number of rotatable bonds is 6. The minimum Gasteiger partial charge on any atom is -0.496 e. The predicted octanol–water partition coefficient (Wildman–Crippen LogP) is 3.21. The van der Waals surface area contributed by atoms with Crippen LogP contribution in [-0.2, 0) is 6.61 Å². The fourth-order valence-electron chi connectivity index (χ4n) is 1.81. The summed E-state index contributed by atoms with van der Waals surface area (Å²) in [5, 5.41) is 9.06. The Balaban J connectivity index is 2.02. The number of carbonyl (C=O) groups excluding carboxylic acids is 1. The molecule has 0 spiro atoms. The number of methoxy groups -OCH3 is 1. The Morgan fingerprint density at radius 1 is 1.24 bits per heavy atom. The first-order valence-electron chi connectivity index (χ1n) is 6.33. The molecule has 2 aromatic rings. The van der Waals surface area contributed by atoms with Gasteiger partial charge in [0, 0.05) is 5.56 Å². The van der Waals surface area contributed by atoms with Gasteiger partial charge in [-0.3, -0.25) is 4.79 Å². The molecule has 4 nitrogen and oxygen atoms in total. The molecule has 0 aliphatic heterocycles. The third-order valence-corrected chi connectivity index (χ3v) is 3.54. The Labute approximate surface area is 131 Å². The van der Waals surface area contributed by atoms with Crippen molar-refractivity contribution in [2.75, 3.05) is 13.7 Å². The number of hydrogen-bond acceptors (Lipinski definition) is 4. The summed E-state index contributed by atoms with van der Waals surface area (Å²) in [7, 11) is 1.57. The molecule has 0 amide bonds. The lowest BCUT2D eigenvalue weighted by molar-refractivity contribution is 0.0921. The Hall–Kier alpha value is -1.85. The third kappa shape index (κ3) is 4.06. The maximum absolute atomic E-state index is 12.1. The number of benzene rings is 2. The predicted molar refractivity (Wildman–Crippen MR) is 82.9 cm³/mol. The Bertz CT molecular complexity index is 640. The second-order valence-corrected chi connectivity index (χ2v) is 5.22. The van der Waals surface area contributed by atoms with Crippen molar-refractivity contribution in [1.29, 1.82) is 0 Å². The molecule has 0 unspecified atom stereocenters. The number of hydrogen-bond donors (Lipinski definition) is 1. The summed E-state index contributed by atoms with van der Waals surface area (Å²) in [4.78, 5) is 12.1. The molecule has 0 aromatic heterocycles. The maximum Gasteiger partial charge on any atom is 0.200 e. The van der Waals surface area contributed by atoms with Crippen molar-refractivity contribution in [2.45, 2.75) is 6.61 Å². The summed E-state index contributed by atoms with van der Waals surface area (Å²) in [6, 6.07) is 12.1. The molecule has 1 N–H and O–H groups in total. The van der Waals surface area contributed by atoms with E-state index in [0.717, 1.165) is 10.0 Å². The zero-order valence-corrected chi connectivity index (χ0v) is 13.1. The minimum absolute atomic E-state index is 0.0590. The normalized spacial score (nSPS) is 10.2. The molecule has 0 bridgehead atoms. The first-order valence-corrected chi connectivity index (χ1v) is 7.12. The van der Waals surface area contributed by atoms with E-state index >= 15 is 0 Å². The van der Waals surface area contributed by atoms with Crippen LogP contribution in [0.1, 0.15) is 15.9 Å². The first kappa shape index (κ1) is 15.5. The van der Waals surface area contributed by atoms with Crippen LogP contribution in [0, 0.1) is 0 Å². The molecule has 0 fully saturated rings. The van der Waals surface area contributed by atoms with Gasteiger partial charge in [0.25, 0.3) is 0 Å². The van der Waals surface area contributed by atoms with Crippen LogP contribution in [0.15, 0.2) is 46.9 Å². The van der Waals surface area contributed by atoms with E-state index in [1.165, 1.54) is 0 Å². The van der Waals surface area contributed by atoms with Crippen LogP contribution in [0.4, 0.5) is 0 Å². The number of carbonyl (C=O) groups is 1. The van der Waals surface area contributed by atoms with E-state index in [-0.39, 0.29) is 19.0 Å². The quantitative estimate of drug-likeness (QED) is 0.812. The fraction of sp³-hybridized carbons (Fsp3) is 0.188. The summed E-state index contributed by atoms with van der Waals surface area (Å²) < 4.78 is 11.3. The maximum atomic E-state index is 12.1. The highest BCUT2D eigenvalue weighted by atomic mass is 79.9. The van der Waals surface area contributed by atoms with Crippen molar-refractivity contribution in [1.82, 2.24) is 0 Å². The van der Waals surface area contributed by atoms with Gasteiger partial charge < -0.3 is 14.6 Å². The molecule has 5 heteroatoms. The van der Waals surface area contributed by atoms with Crippen LogP contribution in [-0.4, -0.2) is 24.6 Å². The molecule has 0 saturated carbocycles. The van der Waals surface area contributed by atoms with Crippen LogP contribution in [0.3, 0.4) is 0 Å². The summed E-state index contributed by atoms with van der Waals surface area (Å²) in [5.41, 5.74) is 1.29. The zero-order valence-electron chi connectivity index (χ0n) is 11.5. The van der Waals surface area contributed by atoms with Crippen molar-refractivity contribution >= 4 is 21.7 Å². The van der Waals surface area contributed by atoms with Crippen LogP contribution < -0.4 is 9.47 Å². The van der Waals surface area contributed by atoms with Gasteiger partial charge in [-0.15, -0.1) is 0 Å². The molecule has 110 valence electrons. The Kier molecular flexibility index (Phi) is 5.36. The van der Waals surface area contributed by atoms with Crippen LogP contribution >= 0.6 is 15.9 Å². The molecule has 2 aromatic carbocycles. The summed E-state index contributed by atoms with van der Waals surface area (Å²) >= 11 is 3.34. The summed E-state index contributed by atoms with van der Waals surface area (Å²) in [5.74, 6) is 1.10. The fourth-order valence-corrected chi connectivity index (χ4v) is 2.35. The summed E-state index contributed by atoms with van der Waals surface area (Å²) in [6.45, 7) is -0.121. The first-order chi connectivity index (χ1) is 10.1. The van der Waals surface area contributed by atoms with Gasteiger partial charge in [0.15, 0.2) is 12.4 Å². The molecular weight excluding hydrogens is 336 g/mol. The molecule has 0 atom stereocenters. The number of ketones is 1. The number of Topliss-reactive ketones (excluding diaryl/α,β-unsaturated/α-hetero) is 1. The van der Waals surface area contributed by atoms with Crippen LogP contribution in [0.2, 0.25) is 0 Å². The molecule has 0 saturated heterocycles. The number of aliphatic hydroxyl groups excluding tert-OH is 1. The van der Waals surface area contributed by atoms with Gasteiger partial charge in [-0.05, 0) is 51.8 Å². The van der Waals surface area contributed by atoms with E-state index in [9.17, 15) is 4.79 Å². The molecular formula is C16H15BrO4. The Morgan fingerprint density at radius 3 is 2.71 bits per heavy atom. The van der Waals surface area contributed by atoms with Gasteiger partial charge in [-0.2, -0.15) is 0 Å². The van der Waals surface area contributed by atoms with Crippen molar-refractivity contribution < 1.29 is 19.4 Å². The molecule has 0 radical (unpaired) electrons. The number of ether oxygens (including phenoxy) is 2. The highest BCUT2D eigenvalue weighted by Crippen LogP contribution is 2.25.